The first kappa shape index (κ1) is 15.8. The van der Waals surface area contributed by atoms with Crippen LogP contribution in [0.15, 0.2) is 17.6 Å². The molecule has 0 spiro atoms. The van der Waals surface area contributed by atoms with Crippen molar-refractivity contribution in [3.63, 3.8) is 0 Å². The summed E-state index contributed by atoms with van der Waals surface area (Å²) in [5.41, 5.74) is -1.50. The number of carbonyl (C=O) groups is 1. The molecule has 3 unspecified atom stereocenters. The van der Waals surface area contributed by atoms with Crippen LogP contribution >= 0.6 is 22.9 Å². The van der Waals surface area contributed by atoms with Crippen molar-refractivity contribution in [3.05, 3.63) is 33.6 Å². The van der Waals surface area contributed by atoms with Crippen LogP contribution in [-0.4, -0.2) is 34.3 Å². The third-order valence-corrected chi connectivity index (χ3v) is 5.86. The zero-order valence-corrected chi connectivity index (χ0v) is 13.6. The second kappa shape index (κ2) is 5.13. The number of aromatic nitrogens is 3. The van der Waals surface area contributed by atoms with Crippen LogP contribution in [0.25, 0.3) is 0 Å². The van der Waals surface area contributed by atoms with Crippen molar-refractivity contribution in [2.45, 2.75) is 11.6 Å². The topological polar surface area (TPSA) is 59.0 Å². The second-order valence-corrected chi connectivity index (χ2v) is 7.14. The zero-order chi connectivity index (χ0) is 17.1. The van der Waals surface area contributed by atoms with Gasteiger partial charge in [-0.1, -0.05) is 0 Å². The number of hydrogen-bond acceptors (Lipinski definition) is 6. The monoisotopic (exact) mass is 374 g/mol. The summed E-state index contributed by atoms with van der Waals surface area (Å²) in [6, 6.07) is 0.891. The maximum Gasteiger partial charge on any atom is 0.433 e. The lowest BCUT2D eigenvalue weighted by Crippen LogP contribution is -2.30. The normalized spacial score (nSPS) is 28.8. The lowest BCUT2D eigenvalue weighted by atomic mass is 10.1. The van der Waals surface area contributed by atoms with Crippen molar-refractivity contribution in [1.29, 1.82) is 0 Å². The predicted molar refractivity (Wildman–Crippen MR) is 81.1 cm³/mol. The summed E-state index contributed by atoms with van der Waals surface area (Å²) in [6.07, 6.45) is -2.02. The quantitative estimate of drug-likeness (QED) is 0.610. The SMILES string of the molecule is O=CC1C2CN(c3cc(C(F)(F)F)nc(Cl)n3)CC12c1nccs1. The van der Waals surface area contributed by atoms with Gasteiger partial charge in [0.2, 0.25) is 5.28 Å². The fourth-order valence-corrected chi connectivity index (χ4v) is 4.71. The van der Waals surface area contributed by atoms with E-state index in [1.807, 2.05) is 5.38 Å². The summed E-state index contributed by atoms with van der Waals surface area (Å²) in [6.45, 7) is 0.826. The van der Waals surface area contributed by atoms with Crippen molar-refractivity contribution >= 4 is 35.0 Å². The molecule has 1 saturated carbocycles. The molecule has 3 heterocycles. The Morgan fingerprint density at radius 3 is 2.83 bits per heavy atom. The minimum Gasteiger partial charge on any atom is -0.355 e. The number of thiazole rings is 1. The Morgan fingerprint density at radius 1 is 1.42 bits per heavy atom. The minimum atomic E-state index is -4.59. The van der Waals surface area contributed by atoms with Crippen molar-refractivity contribution in [2.75, 3.05) is 18.0 Å². The van der Waals surface area contributed by atoms with Crippen molar-refractivity contribution in [3.8, 4) is 0 Å². The summed E-state index contributed by atoms with van der Waals surface area (Å²) in [5.74, 6) is -0.00127. The molecule has 3 atom stereocenters. The number of hydrogen-bond donors (Lipinski definition) is 0. The lowest BCUT2D eigenvalue weighted by molar-refractivity contribution is -0.141. The molecule has 0 N–H and O–H groups in total. The van der Waals surface area contributed by atoms with Gasteiger partial charge in [0.15, 0.2) is 5.69 Å². The highest BCUT2D eigenvalue weighted by Crippen LogP contribution is 2.63. The Morgan fingerprint density at radius 2 is 2.21 bits per heavy atom. The van der Waals surface area contributed by atoms with Crippen LogP contribution in [0.3, 0.4) is 0 Å². The van der Waals surface area contributed by atoms with Gasteiger partial charge in [-0.2, -0.15) is 13.2 Å². The number of piperidine rings is 1. The largest absolute Gasteiger partial charge is 0.433 e. The molecule has 1 aliphatic heterocycles. The molecule has 0 aromatic carbocycles. The molecule has 2 fully saturated rings. The molecule has 24 heavy (non-hydrogen) atoms. The molecule has 4 rings (SSSR count). The average molecular weight is 375 g/mol. The molecule has 0 radical (unpaired) electrons. The third-order valence-electron chi connectivity index (χ3n) is 4.73. The van der Waals surface area contributed by atoms with Gasteiger partial charge in [0.05, 0.1) is 5.41 Å². The van der Waals surface area contributed by atoms with Crippen LogP contribution < -0.4 is 4.90 Å². The maximum atomic E-state index is 12.9. The van der Waals surface area contributed by atoms with Gasteiger partial charge in [-0.05, 0) is 11.6 Å². The van der Waals surface area contributed by atoms with Gasteiger partial charge < -0.3 is 9.69 Å². The highest BCUT2D eigenvalue weighted by Gasteiger charge is 2.71. The van der Waals surface area contributed by atoms with Crippen LogP contribution in [-0.2, 0) is 16.4 Å². The van der Waals surface area contributed by atoms with Crippen molar-refractivity contribution < 1.29 is 18.0 Å². The predicted octanol–water partition coefficient (Wildman–Crippen LogP) is 2.81. The lowest BCUT2D eigenvalue weighted by Gasteiger charge is -2.23. The van der Waals surface area contributed by atoms with E-state index in [1.165, 1.54) is 11.3 Å². The number of fused-ring (bicyclic) bond motifs is 1. The average Bonchev–Trinajstić information content (AvgIpc) is 2.94. The van der Waals surface area contributed by atoms with E-state index in [1.54, 1.807) is 11.1 Å². The smallest absolute Gasteiger partial charge is 0.355 e. The maximum absolute atomic E-state index is 12.9. The summed E-state index contributed by atoms with van der Waals surface area (Å²) >= 11 is 7.11. The van der Waals surface area contributed by atoms with Gasteiger partial charge in [0, 0.05) is 42.6 Å². The van der Waals surface area contributed by atoms with E-state index < -0.39 is 22.6 Å². The van der Waals surface area contributed by atoms with E-state index in [2.05, 4.69) is 15.0 Å². The number of rotatable bonds is 3. The van der Waals surface area contributed by atoms with Crippen molar-refractivity contribution in [2.24, 2.45) is 11.8 Å². The molecule has 1 saturated heterocycles. The number of carbonyl (C=O) groups excluding carboxylic acids is 1. The molecule has 2 aromatic heterocycles. The van der Waals surface area contributed by atoms with Gasteiger partial charge in [0.25, 0.3) is 0 Å². The van der Waals surface area contributed by atoms with Crippen molar-refractivity contribution in [1.82, 2.24) is 15.0 Å². The number of aldehydes is 1. The molecule has 0 amide bonds. The Hall–Kier alpha value is -1.74. The van der Waals surface area contributed by atoms with E-state index in [-0.39, 0.29) is 17.7 Å². The summed E-state index contributed by atoms with van der Waals surface area (Å²) in [5, 5.41) is 2.21. The standard InChI is InChI=1S/C14H10ClF3N4OS/c15-12-20-9(14(16,17)18)3-10(21-12)22-4-7-8(5-23)13(7,6-22)11-19-1-2-24-11/h1-3,5,7-8H,4,6H2. The first-order chi connectivity index (χ1) is 11.4. The summed E-state index contributed by atoms with van der Waals surface area (Å²) < 4.78 is 38.7. The molecular weight excluding hydrogens is 365 g/mol. The molecule has 2 aromatic rings. The molecule has 126 valence electrons. The minimum absolute atomic E-state index is 0.0317. The fraction of sp³-hybridized carbons (Fsp3) is 0.429. The Balaban J connectivity index is 1.67. The molecule has 10 heteroatoms. The molecule has 0 bridgehead atoms. The van der Waals surface area contributed by atoms with Gasteiger partial charge in [-0.25, -0.2) is 15.0 Å². The van der Waals surface area contributed by atoms with Gasteiger partial charge >= 0.3 is 6.18 Å². The molecule has 5 nitrogen and oxygen atoms in total. The molecule has 2 aliphatic rings. The van der Waals surface area contributed by atoms with E-state index in [0.29, 0.717) is 13.1 Å². The van der Waals surface area contributed by atoms with Gasteiger partial charge in [-0.15, -0.1) is 11.3 Å². The van der Waals surface area contributed by atoms with E-state index >= 15 is 0 Å². The highest BCUT2D eigenvalue weighted by atomic mass is 35.5. The number of halogens is 4. The Kier molecular flexibility index (Phi) is 3.37. The van der Waals surface area contributed by atoms with E-state index in [0.717, 1.165) is 17.4 Å². The van der Waals surface area contributed by atoms with Crippen LogP contribution in [0.4, 0.5) is 19.0 Å². The van der Waals surface area contributed by atoms with Gasteiger partial charge in [0.1, 0.15) is 17.1 Å². The third kappa shape index (κ3) is 2.21. The first-order valence-electron chi connectivity index (χ1n) is 7.08. The van der Waals surface area contributed by atoms with Gasteiger partial charge in [-0.3, -0.25) is 0 Å². The van der Waals surface area contributed by atoms with E-state index in [9.17, 15) is 18.0 Å². The van der Waals surface area contributed by atoms with Crippen LogP contribution in [0, 0.1) is 11.8 Å². The fourth-order valence-electron chi connectivity index (χ4n) is 3.59. The Bertz CT molecular complexity index is 800. The van der Waals surface area contributed by atoms with E-state index in [4.69, 9.17) is 11.6 Å². The van der Waals surface area contributed by atoms with Crippen LogP contribution in [0.1, 0.15) is 10.7 Å². The number of nitrogens with zero attached hydrogens (tertiary/aromatic N) is 4. The van der Waals surface area contributed by atoms with Crippen LogP contribution in [0.2, 0.25) is 5.28 Å². The number of anilines is 1. The Labute approximate surface area is 143 Å². The second-order valence-electron chi connectivity index (χ2n) is 5.90. The summed E-state index contributed by atoms with van der Waals surface area (Å²) in [4.78, 5) is 24.5. The highest BCUT2D eigenvalue weighted by molar-refractivity contribution is 7.09. The first-order valence-corrected chi connectivity index (χ1v) is 8.34. The van der Waals surface area contributed by atoms with Crippen LogP contribution in [0.5, 0.6) is 0 Å². The molecule has 1 aliphatic carbocycles. The summed E-state index contributed by atoms with van der Waals surface area (Å²) in [7, 11) is 0. The molecular formula is C14H10ClF3N4OS. The zero-order valence-electron chi connectivity index (χ0n) is 12.0. The number of alkyl halides is 3.